The first-order valence-electron chi connectivity index (χ1n) is 13.3. The van der Waals surface area contributed by atoms with Crippen molar-refractivity contribution in [2.45, 2.75) is 52.0 Å². The Balaban J connectivity index is 1.39. The van der Waals surface area contributed by atoms with Crippen LogP contribution in [0.25, 0.3) is 22.5 Å². The molecule has 1 saturated carbocycles. The number of esters is 1. The summed E-state index contributed by atoms with van der Waals surface area (Å²) in [5, 5.41) is 14.6. The summed E-state index contributed by atoms with van der Waals surface area (Å²) in [4.78, 5) is 26.8. The van der Waals surface area contributed by atoms with Gasteiger partial charge in [0, 0.05) is 17.5 Å². The van der Waals surface area contributed by atoms with Gasteiger partial charge in [-0.1, -0.05) is 72.7 Å². The van der Waals surface area contributed by atoms with Crippen LogP contribution in [0.1, 0.15) is 49.9 Å². The Kier molecular flexibility index (Phi) is 7.24. The molecule has 200 valence electrons. The highest BCUT2D eigenvalue weighted by Crippen LogP contribution is 2.49. The third-order valence-corrected chi connectivity index (χ3v) is 7.41. The summed E-state index contributed by atoms with van der Waals surface area (Å²) in [5.74, 6) is 0.378. The molecule has 0 saturated heterocycles. The smallest absolute Gasteiger partial charge is 0.316 e. The van der Waals surface area contributed by atoms with Gasteiger partial charge in [-0.3, -0.25) is 9.59 Å². The average molecular weight is 525 g/mol. The lowest BCUT2D eigenvalue weighted by molar-refractivity contribution is -0.146. The maximum absolute atomic E-state index is 12.8. The molecule has 0 radical (unpaired) electrons. The average Bonchev–Trinajstić information content (AvgIpc) is 3.70. The van der Waals surface area contributed by atoms with Gasteiger partial charge in [0.1, 0.15) is 5.75 Å². The lowest BCUT2D eigenvalue weighted by Crippen LogP contribution is -2.30. The van der Waals surface area contributed by atoms with Crippen LogP contribution in [0.5, 0.6) is 5.75 Å². The number of nitrogens with zero attached hydrogens (tertiary/aromatic N) is 2. The van der Waals surface area contributed by atoms with Crippen molar-refractivity contribution < 1.29 is 24.0 Å². The van der Waals surface area contributed by atoms with Gasteiger partial charge in [-0.15, -0.1) is 0 Å². The topological polar surface area (TPSA) is 92.9 Å². The predicted molar refractivity (Wildman–Crippen MR) is 149 cm³/mol. The Bertz CT molecular complexity index is 1480. The highest BCUT2D eigenvalue weighted by Gasteiger charge is 2.52. The maximum atomic E-state index is 12.8. The quantitative estimate of drug-likeness (QED) is 0.249. The highest BCUT2D eigenvalue weighted by molar-refractivity contribution is 5.94. The standard InChI is InChI=1S/C32H32N2O5/c1-4-29(36)34(27-8-6-7-9-28(27)35)20-26-21(3)33-39-30(26)24-12-10-22(11-13-24)23-14-16-25(17-15-23)32(18-19-32)31(37)38-5-2/h6-17,35H,4-5,18-20H2,1-3H3. The highest BCUT2D eigenvalue weighted by atomic mass is 16.5. The van der Waals surface area contributed by atoms with Crippen LogP contribution in [0.3, 0.4) is 0 Å². The Morgan fingerprint density at radius 1 is 0.949 bits per heavy atom. The van der Waals surface area contributed by atoms with E-state index in [1.54, 1.807) is 36.1 Å². The minimum absolute atomic E-state index is 0.0418. The Labute approximate surface area is 228 Å². The molecule has 5 rings (SSSR count). The summed E-state index contributed by atoms with van der Waals surface area (Å²) in [6.45, 7) is 6.09. The summed E-state index contributed by atoms with van der Waals surface area (Å²) in [7, 11) is 0. The fourth-order valence-corrected chi connectivity index (χ4v) is 4.95. The van der Waals surface area contributed by atoms with Crippen LogP contribution in [0.2, 0.25) is 0 Å². The van der Waals surface area contributed by atoms with Crippen LogP contribution in [-0.2, 0) is 26.3 Å². The number of carbonyl (C=O) groups excluding carboxylic acids is 2. The fraction of sp³-hybridized carbons (Fsp3) is 0.281. The number of aryl methyl sites for hydroxylation is 1. The van der Waals surface area contributed by atoms with Crippen molar-refractivity contribution in [2.24, 2.45) is 0 Å². The summed E-state index contributed by atoms with van der Waals surface area (Å²) in [5.41, 5.74) is 5.34. The second-order valence-corrected chi connectivity index (χ2v) is 9.86. The summed E-state index contributed by atoms with van der Waals surface area (Å²) in [6.07, 6.45) is 1.94. The van der Waals surface area contributed by atoms with Gasteiger partial charge in [-0.05, 0) is 55.5 Å². The van der Waals surface area contributed by atoms with Gasteiger partial charge in [0.15, 0.2) is 5.76 Å². The van der Waals surface area contributed by atoms with E-state index in [0.717, 1.165) is 40.7 Å². The van der Waals surface area contributed by atoms with E-state index in [0.29, 0.717) is 30.2 Å². The minimum Gasteiger partial charge on any atom is -0.506 e. The normalized spacial score (nSPS) is 13.6. The molecule has 1 amide bonds. The van der Waals surface area contributed by atoms with Crippen molar-refractivity contribution in [3.05, 3.63) is 89.6 Å². The number of hydrogen-bond acceptors (Lipinski definition) is 6. The van der Waals surface area contributed by atoms with E-state index in [1.165, 1.54) is 0 Å². The van der Waals surface area contributed by atoms with Gasteiger partial charge in [0.25, 0.3) is 0 Å². The molecule has 1 heterocycles. The van der Waals surface area contributed by atoms with Gasteiger partial charge >= 0.3 is 5.97 Å². The summed E-state index contributed by atoms with van der Waals surface area (Å²) in [6, 6.07) is 22.9. The van der Waals surface area contributed by atoms with Crippen LogP contribution in [-0.4, -0.2) is 28.7 Å². The first kappa shape index (κ1) is 26.2. The lowest BCUT2D eigenvalue weighted by atomic mass is 9.93. The number of amides is 1. The molecular weight excluding hydrogens is 492 g/mol. The molecule has 0 aliphatic heterocycles. The predicted octanol–water partition coefficient (Wildman–Crippen LogP) is 6.56. The second-order valence-electron chi connectivity index (χ2n) is 9.86. The number of aromatic hydroxyl groups is 1. The molecule has 7 nitrogen and oxygen atoms in total. The van der Waals surface area contributed by atoms with Crippen molar-refractivity contribution in [1.29, 1.82) is 0 Å². The van der Waals surface area contributed by atoms with Gasteiger partial charge < -0.3 is 19.3 Å². The van der Waals surface area contributed by atoms with Crippen LogP contribution in [0, 0.1) is 6.92 Å². The molecule has 1 fully saturated rings. The third-order valence-electron chi connectivity index (χ3n) is 7.41. The van der Waals surface area contributed by atoms with E-state index in [1.807, 2.05) is 62.4 Å². The number of anilines is 1. The van der Waals surface area contributed by atoms with E-state index in [2.05, 4.69) is 5.16 Å². The van der Waals surface area contributed by atoms with Gasteiger partial charge in [0.05, 0.1) is 29.9 Å². The number of para-hydroxylation sites is 2. The Morgan fingerprint density at radius 2 is 1.56 bits per heavy atom. The van der Waals surface area contributed by atoms with E-state index in [4.69, 9.17) is 9.26 Å². The molecule has 0 unspecified atom stereocenters. The van der Waals surface area contributed by atoms with Gasteiger partial charge in [-0.2, -0.15) is 0 Å². The van der Waals surface area contributed by atoms with Crippen LogP contribution in [0.4, 0.5) is 5.69 Å². The van der Waals surface area contributed by atoms with Crippen molar-refractivity contribution in [2.75, 3.05) is 11.5 Å². The SMILES string of the molecule is CCOC(=O)C1(c2ccc(-c3ccc(-c4onc(C)c4CN(C(=O)CC)c4ccccc4O)cc3)cc2)CC1. The van der Waals surface area contributed by atoms with Crippen molar-refractivity contribution in [3.8, 4) is 28.2 Å². The van der Waals surface area contributed by atoms with Crippen molar-refractivity contribution in [1.82, 2.24) is 5.16 Å². The number of aromatic nitrogens is 1. The zero-order valence-corrected chi connectivity index (χ0v) is 22.4. The van der Waals surface area contributed by atoms with Crippen LogP contribution >= 0.6 is 0 Å². The monoisotopic (exact) mass is 524 g/mol. The van der Waals surface area contributed by atoms with Crippen LogP contribution < -0.4 is 4.90 Å². The Hall–Kier alpha value is -4.39. The molecule has 4 aromatic rings. The van der Waals surface area contributed by atoms with Crippen molar-refractivity contribution >= 4 is 17.6 Å². The molecule has 3 aromatic carbocycles. The molecule has 1 aliphatic carbocycles. The lowest BCUT2D eigenvalue weighted by Gasteiger charge is -2.23. The molecule has 39 heavy (non-hydrogen) atoms. The first-order valence-corrected chi connectivity index (χ1v) is 13.3. The molecule has 0 spiro atoms. The number of rotatable bonds is 9. The number of phenols is 1. The molecule has 7 heteroatoms. The number of phenolic OH excluding ortho intramolecular Hbond substituents is 1. The second kappa shape index (κ2) is 10.8. The van der Waals surface area contributed by atoms with Gasteiger partial charge in [-0.25, -0.2) is 0 Å². The number of carbonyl (C=O) groups is 2. The fourth-order valence-electron chi connectivity index (χ4n) is 4.95. The summed E-state index contributed by atoms with van der Waals surface area (Å²) < 4.78 is 11.0. The zero-order valence-electron chi connectivity index (χ0n) is 22.4. The number of ether oxygens (including phenoxy) is 1. The number of hydrogen-bond donors (Lipinski definition) is 1. The zero-order chi connectivity index (χ0) is 27.6. The molecule has 1 N–H and O–H groups in total. The van der Waals surface area contributed by atoms with E-state index in [-0.39, 0.29) is 24.2 Å². The largest absolute Gasteiger partial charge is 0.506 e. The first-order chi connectivity index (χ1) is 18.9. The molecular formula is C32H32N2O5. The van der Waals surface area contributed by atoms with E-state index >= 15 is 0 Å². The summed E-state index contributed by atoms with van der Waals surface area (Å²) >= 11 is 0. The molecule has 1 aromatic heterocycles. The van der Waals surface area contributed by atoms with Crippen molar-refractivity contribution in [3.63, 3.8) is 0 Å². The third kappa shape index (κ3) is 5.04. The maximum Gasteiger partial charge on any atom is 0.316 e. The van der Waals surface area contributed by atoms with Crippen LogP contribution in [0.15, 0.2) is 77.3 Å². The molecule has 1 aliphatic rings. The van der Waals surface area contributed by atoms with E-state index in [9.17, 15) is 14.7 Å². The Morgan fingerprint density at radius 3 is 2.15 bits per heavy atom. The van der Waals surface area contributed by atoms with Gasteiger partial charge in [0.2, 0.25) is 5.91 Å². The molecule has 0 atom stereocenters. The number of benzene rings is 3. The molecule has 0 bridgehead atoms. The minimum atomic E-state index is -0.484. The van der Waals surface area contributed by atoms with E-state index < -0.39 is 5.41 Å².